The molecule has 0 bridgehead atoms. The number of benzene rings is 2. The molecule has 0 fully saturated rings. The Hall–Kier alpha value is -3.46. The first-order chi connectivity index (χ1) is 12.0. The first kappa shape index (κ1) is 17.9. The third-order valence-corrected chi connectivity index (χ3v) is 3.27. The normalized spacial score (nSPS) is 10.7. The fourth-order valence-corrected chi connectivity index (χ4v) is 1.93. The van der Waals surface area contributed by atoms with Crippen LogP contribution in [0.4, 0.5) is 4.39 Å². The maximum atomic E-state index is 12.8. The molecule has 2 aromatic rings. The maximum Gasteiger partial charge on any atom is 0.349 e. The first-order valence-corrected chi connectivity index (χ1v) is 7.25. The van der Waals surface area contributed by atoms with Crippen LogP contribution in [0, 0.1) is 17.1 Å². The van der Waals surface area contributed by atoms with E-state index in [2.05, 4.69) is 0 Å². The van der Waals surface area contributed by atoms with Gasteiger partial charge in [0.2, 0.25) is 0 Å². The smallest absolute Gasteiger partial charge is 0.349 e. The summed E-state index contributed by atoms with van der Waals surface area (Å²) in [4.78, 5) is 23.8. The van der Waals surface area contributed by atoms with E-state index in [1.54, 1.807) is 30.3 Å². The molecule has 0 unspecified atom stereocenters. The largest absolute Gasteiger partial charge is 0.497 e. The summed E-state index contributed by atoms with van der Waals surface area (Å²) in [5, 5.41) is 9.10. The molecule has 5 nitrogen and oxygen atoms in total. The zero-order chi connectivity index (χ0) is 18.2. The van der Waals surface area contributed by atoms with Crippen molar-refractivity contribution in [3.05, 3.63) is 71.0 Å². The number of ether oxygens (including phenoxy) is 2. The standard InChI is InChI=1S/C19H14FNO4/c1-24-17-8-2-13(3-9-17)10-15(11-21)19(23)25-12-18(22)14-4-6-16(20)7-5-14/h2-10H,12H2,1H3/b15-10-. The number of esters is 1. The van der Waals surface area contributed by atoms with E-state index < -0.39 is 24.2 Å². The van der Waals surface area contributed by atoms with Gasteiger partial charge < -0.3 is 9.47 Å². The van der Waals surface area contributed by atoms with E-state index in [1.165, 1.54) is 25.3 Å². The van der Waals surface area contributed by atoms with Crippen LogP contribution in [0.5, 0.6) is 5.75 Å². The van der Waals surface area contributed by atoms with Crippen molar-refractivity contribution in [2.24, 2.45) is 0 Å². The summed E-state index contributed by atoms with van der Waals surface area (Å²) in [5.74, 6) is -1.23. The molecule has 0 N–H and O–H groups in total. The second-order valence-electron chi connectivity index (χ2n) is 4.95. The maximum absolute atomic E-state index is 12.8. The third-order valence-electron chi connectivity index (χ3n) is 3.27. The average molecular weight is 339 g/mol. The van der Waals surface area contributed by atoms with Gasteiger partial charge in [-0.05, 0) is 48.0 Å². The summed E-state index contributed by atoms with van der Waals surface area (Å²) in [5.41, 5.74) is 0.586. The number of halogens is 1. The van der Waals surface area contributed by atoms with Gasteiger partial charge in [0, 0.05) is 5.56 Å². The van der Waals surface area contributed by atoms with E-state index in [0.29, 0.717) is 11.3 Å². The number of methoxy groups -OCH3 is 1. The van der Waals surface area contributed by atoms with Crippen molar-refractivity contribution < 1.29 is 23.5 Å². The van der Waals surface area contributed by atoms with Crippen LogP contribution in [0.2, 0.25) is 0 Å². The molecule has 2 aromatic carbocycles. The predicted molar refractivity (Wildman–Crippen MR) is 88.3 cm³/mol. The molecular formula is C19H14FNO4. The minimum atomic E-state index is -0.909. The van der Waals surface area contributed by atoms with Crippen LogP contribution in [0.1, 0.15) is 15.9 Å². The zero-order valence-electron chi connectivity index (χ0n) is 13.4. The average Bonchev–Trinajstić information content (AvgIpc) is 2.65. The molecule has 0 amide bonds. The summed E-state index contributed by atoms with van der Waals surface area (Å²) in [6.07, 6.45) is 1.35. The number of rotatable bonds is 6. The van der Waals surface area contributed by atoms with Crippen LogP contribution < -0.4 is 4.74 Å². The van der Waals surface area contributed by atoms with Crippen LogP contribution in [-0.2, 0) is 9.53 Å². The SMILES string of the molecule is COc1ccc(/C=C(/C#N)C(=O)OCC(=O)c2ccc(F)cc2)cc1. The van der Waals surface area contributed by atoms with E-state index >= 15 is 0 Å². The molecule has 0 aromatic heterocycles. The molecular weight excluding hydrogens is 325 g/mol. The minimum absolute atomic E-state index is 0.215. The predicted octanol–water partition coefficient (Wildman–Crippen LogP) is 3.17. The van der Waals surface area contributed by atoms with Crippen molar-refractivity contribution in [2.75, 3.05) is 13.7 Å². The molecule has 2 rings (SSSR count). The molecule has 0 aliphatic heterocycles. The van der Waals surface area contributed by atoms with Crippen molar-refractivity contribution >= 4 is 17.8 Å². The van der Waals surface area contributed by atoms with Gasteiger partial charge in [-0.1, -0.05) is 12.1 Å². The van der Waals surface area contributed by atoms with E-state index in [0.717, 1.165) is 12.1 Å². The van der Waals surface area contributed by atoms with Gasteiger partial charge in [-0.2, -0.15) is 5.26 Å². The number of Topliss-reactive ketones (excluding diaryl/α,β-unsaturated/α-hetero) is 1. The molecule has 0 spiro atoms. The number of hydrogen-bond acceptors (Lipinski definition) is 5. The molecule has 25 heavy (non-hydrogen) atoms. The zero-order valence-corrected chi connectivity index (χ0v) is 13.4. The first-order valence-electron chi connectivity index (χ1n) is 7.25. The topological polar surface area (TPSA) is 76.4 Å². The lowest BCUT2D eigenvalue weighted by atomic mass is 10.1. The Morgan fingerprint density at radius 1 is 1.12 bits per heavy atom. The van der Waals surface area contributed by atoms with Gasteiger partial charge in [0.1, 0.15) is 23.2 Å². The highest BCUT2D eigenvalue weighted by atomic mass is 19.1. The van der Waals surface area contributed by atoms with Crippen molar-refractivity contribution in [1.29, 1.82) is 5.26 Å². The second-order valence-corrected chi connectivity index (χ2v) is 4.95. The highest BCUT2D eigenvalue weighted by Crippen LogP contribution is 2.14. The Morgan fingerprint density at radius 3 is 2.32 bits per heavy atom. The lowest BCUT2D eigenvalue weighted by Crippen LogP contribution is -2.15. The lowest BCUT2D eigenvalue weighted by Gasteiger charge is -2.04. The van der Waals surface area contributed by atoms with Crippen LogP contribution >= 0.6 is 0 Å². The Kier molecular flexibility index (Phi) is 6.02. The molecule has 0 radical (unpaired) electrons. The molecule has 0 saturated heterocycles. The highest BCUT2D eigenvalue weighted by Gasteiger charge is 2.14. The summed E-state index contributed by atoms with van der Waals surface area (Å²) in [6, 6.07) is 13.3. The van der Waals surface area contributed by atoms with Gasteiger partial charge in [-0.25, -0.2) is 9.18 Å². The Bertz CT molecular complexity index is 833. The Balaban J connectivity index is 2.01. The molecule has 126 valence electrons. The molecule has 0 aliphatic rings. The lowest BCUT2D eigenvalue weighted by molar-refractivity contribution is -0.137. The third kappa shape index (κ3) is 5.01. The van der Waals surface area contributed by atoms with Crippen LogP contribution in [-0.4, -0.2) is 25.5 Å². The van der Waals surface area contributed by atoms with Gasteiger partial charge in [0.05, 0.1) is 7.11 Å². The number of carbonyl (C=O) groups excluding carboxylic acids is 2. The Morgan fingerprint density at radius 2 is 1.76 bits per heavy atom. The van der Waals surface area contributed by atoms with Gasteiger partial charge in [0.15, 0.2) is 12.4 Å². The fourth-order valence-electron chi connectivity index (χ4n) is 1.93. The molecule has 0 heterocycles. The van der Waals surface area contributed by atoms with E-state index in [-0.39, 0.29) is 11.1 Å². The van der Waals surface area contributed by atoms with Crippen molar-refractivity contribution in [1.82, 2.24) is 0 Å². The summed E-state index contributed by atoms with van der Waals surface area (Å²) in [6.45, 7) is -0.536. The number of hydrogen-bond donors (Lipinski definition) is 0. The van der Waals surface area contributed by atoms with E-state index in [4.69, 9.17) is 14.7 Å². The summed E-state index contributed by atoms with van der Waals surface area (Å²) >= 11 is 0. The van der Waals surface area contributed by atoms with Crippen LogP contribution in [0.3, 0.4) is 0 Å². The number of ketones is 1. The number of carbonyl (C=O) groups is 2. The molecule has 0 atom stereocenters. The fraction of sp³-hybridized carbons (Fsp3) is 0.105. The van der Waals surface area contributed by atoms with Crippen molar-refractivity contribution in [3.8, 4) is 11.8 Å². The number of nitriles is 1. The monoisotopic (exact) mass is 339 g/mol. The van der Waals surface area contributed by atoms with Gasteiger partial charge in [-0.15, -0.1) is 0 Å². The van der Waals surface area contributed by atoms with Crippen molar-refractivity contribution in [2.45, 2.75) is 0 Å². The van der Waals surface area contributed by atoms with Gasteiger partial charge >= 0.3 is 5.97 Å². The Labute approximate surface area is 143 Å². The van der Waals surface area contributed by atoms with Crippen LogP contribution in [0.25, 0.3) is 6.08 Å². The minimum Gasteiger partial charge on any atom is -0.497 e. The highest BCUT2D eigenvalue weighted by molar-refractivity contribution is 6.01. The van der Waals surface area contributed by atoms with E-state index in [1.807, 2.05) is 0 Å². The van der Waals surface area contributed by atoms with Crippen molar-refractivity contribution in [3.63, 3.8) is 0 Å². The molecule has 0 saturated carbocycles. The summed E-state index contributed by atoms with van der Waals surface area (Å²) in [7, 11) is 1.53. The van der Waals surface area contributed by atoms with Gasteiger partial charge in [-0.3, -0.25) is 4.79 Å². The number of nitrogens with zero attached hydrogens (tertiary/aromatic N) is 1. The van der Waals surface area contributed by atoms with Gasteiger partial charge in [0.25, 0.3) is 0 Å². The van der Waals surface area contributed by atoms with Crippen LogP contribution in [0.15, 0.2) is 54.1 Å². The van der Waals surface area contributed by atoms with E-state index in [9.17, 15) is 14.0 Å². The summed E-state index contributed by atoms with van der Waals surface area (Å²) < 4.78 is 22.7. The molecule has 0 aliphatic carbocycles. The second kappa shape index (κ2) is 8.41. The quantitative estimate of drug-likeness (QED) is 0.350. The molecule has 6 heteroatoms.